The highest BCUT2D eigenvalue weighted by atomic mass is 16.2. The lowest BCUT2D eigenvalue weighted by atomic mass is 9.82. The molecule has 1 aliphatic rings. The molecular formula is C16H25NO2. The molecule has 0 heterocycles. The van der Waals surface area contributed by atoms with Gasteiger partial charge in [0.25, 0.3) is 0 Å². The number of allylic oxidation sites excluding steroid dienone is 3. The van der Waals surface area contributed by atoms with E-state index in [2.05, 4.69) is 12.2 Å². The van der Waals surface area contributed by atoms with Crippen molar-refractivity contribution in [1.29, 1.82) is 0 Å². The lowest BCUT2D eigenvalue weighted by molar-refractivity contribution is -0.127. The van der Waals surface area contributed by atoms with Gasteiger partial charge in [-0.15, -0.1) is 0 Å². The van der Waals surface area contributed by atoms with Crippen molar-refractivity contribution in [2.45, 2.75) is 64.3 Å². The van der Waals surface area contributed by atoms with E-state index in [9.17, 15) is 9.59 Å². The Morgan fingerprint density at radius 1 is 1.26 bits per heavy atom. The maximum Gasteiger partial charge on any atom is 0.225 e. The zero-order valence-electron chi connectivity index (χ0n) is 12.1. The van der Waals surface area contributed by atoms with Gasteiger partial charge in [-0.3, -0.25) is 4.79 Å². The second kappa shape index (κ2) is 7.93. The van der Waals surface area contributed by atoms with Crippen LogP contribution < -0.4 is 5.32 Å². The topological polar surface area (TPSA) is 46.2 Å². The second-order valence-electron chi connectivity index (χ2n) is 5.23. The fraction of sp³-hybridized carbons (Fsp3) is 0.625. The molecule has 106 valence electrons. The quantitative estimate of drug-likeness (QED) is 0.590. The fourth-order valence-electron chi connectivity index (χ4n) is 2.49. The summed E-state index contributed by atoms with van der Waals surface area (Å²) in [5.74, 6) is -0.0529. The predicted molar refractivity (Wildman–Crippen MR) is 77.8 cm³/mol. The number of amides is 1. The first-order chi connectivity index (χ1) is 9.15. The molecule has 0 saturated heterocycles. The largest absolute Gasteiger partial charge is 0.344 e. The van der Waals surface area contributed by atoms with Gasteiger partial charge < -0.3 is 10.1 Å². The molecule has 0 bridgehead atoms. The Morgan fingerprint density at radius 3 is 2.47 bits per heavy atom. The molecule has 1 aliphatic carbocycles. The predicted octanol–water partition coefficient (Wildman–Crippen LogP) is 3.31. The van der Waals surface area contributed by atoms with Gasteiger partial charge in [0, 0.05) is 0 Å². The third-order valence-electron chi connectivity index (χ3n) is 3.66. The molecule has 0 atom stereocenters. The summed E-state index contributed by atoms with van der Waals surface area (Å²) in [6.07, 6.45) is 13.0. The number of hydrogen-bond acceptors (Lipinski definition) is 2. The van der Waals surface area contributed by atoms with Crippen molar-refractivity contribution in [2.24, 2.45) is 0 Å². The summed E-state index contributed by atoms with van der Waals surface area (Å²) in [4.78, 5) is 23.4. The first-order valence-electron chi connectivity index (χ1n) is 7.25. The molecule has 3 heteroatoms. The van der Waals surface area contributed by atoms with Gasteiger partial charge in [-0.05, 0) is 31.8 Å². The van der Waals surface area contributed by atoms with E-state index >= 15 is 0 Å². The standard InChI is InChI=1S/C16H25NO2/c1-3-5-9-14(4-2)12-15(19)17-16(13-18)10-7-6-8-11-16/h4-5,9,13H,3,6-8,10-12H2,1-2H3,(H,17,19)/b9-5-,14-4+. The van der Waals surface area contributed by atoms with Crippen LogP contribution in [0.4, 0.5) is 0 Å². The van der Waals surface area contributed by atoms with Gasteiger partial charge in [-0.1, -0.05) is 44.4 Å². The monoisotopic (exact) mass is 263 g/mol. The first-order valence-corrected chi connectivity index (χ1v) is 7.25. The number of rotatable bonds is 6. The average molecular weight is 263 g/mol. The highest BCUT2D eigenvalue weighted by Crippen LogP contribution is 2.26. The van der Waals surface area contributed by atoms with Gasteiger partial charge in [0.05, 0.1) is 12.0 Å². The van der Waals surface area contributed by atoms with Crippen molar-refractivity contribution >= 4 is 12.2 Å². The van der Waals surface area contributed by atoms with E-state index < -0.39 is 5.54 Å². The normalized spacial score (nSPS) is 19.4. The number of aldehydes is 1. The molecule has 0 radical (unpaired) electrons. The van der Waals surface area contributed by atoms with Crippen molar-refractivity contribution in [3.8, 4) is 0 Å². The van der Waals surface area contributed by atoms with Crippen molar-refractivity contribution in [1.82, 2.24) is 5.32 Å². The third kappa shape index (κ3) is 5.01. The molecule has 19 heavy (non-hydrogen) atoms. The smallest absolute Gasteiger partial charge is 0.225 e. The highest BCUT2D eigenvalue weighted by molar-refractivity contribution is 5.84. The number of hydrogen-bond donors (Lipinski definition) is 1. The highest BCUT2D eigenvalue weighted by Gasteiger charge is 2.32. The van der Waals surface area contributed by atoms with Crippen molar-refractivity contribution in [2.75, 3.05) is 0 Å². The van der Waals surface area contributed by atoms with Gasteiger partial charge in [0.15, 0.2) is 0 Å². The number of carbonyl (C=O) groups is 2. The van der Waals surface area contributed by atoms with Crippen LogP contribution in [0.25, 0.3) is 0 Å². The second-order valence-corrected chi connectivity index (χ2v) is 5.23. The Hall–Kier alpha value is -1.38. The molecule has 1 N–H and O–H groups in total. The Kier molecular flexibility index (Phi) is 6.54. The molecule has 1 rings (SSSR count). The maximum absolute atomic E-state index is 12.1. The Morgan fingerprint density at radius 2 is 1.95 bits per heavy atom. The van der Waals surface area contributed by atoms with E-state index in [0.717, 1.165) is 50.4 Å². The minimum atomic E-state index is -0.608. The van der Waals surface area contributed by atoms with Crippen LogP contribution in [0.2, 0.25) is 0 Å². The molecule has 0 aromatic rings. The lowest BCUT2D eigenvalue weighted by Crippen LogP contribution is -2.51. The van der Waals surface area contributed by atoms with Gasteiger partial charge in [0.1, 0.15) is 6.29 Å². The van der Waals surface area contributed by atoms with Gasteiger partial charge in [-0.25, -0.2) is 0 Å². The molecule has 1 fully saturated rings. The Balaban J connectivity index is 2.58. The van der Waals surface area contributed by atoms with Crippen molar-refractivity contribution in [3.05, 3.63) is 23.8 Å². The van der Waals surface area contributed by atoms with Crippen LogP contribution in [0.3, 0.4) is 0 Å². The summed E-state index contributed by atoms with van der Waals surface area (Å²) >= 11 is 0. The molecule has 1 saturated carbocycles. The fourth-order valence-corrected chi connectivity index (χ4v) is 2.49. The summed E-state index contributed by atoms with van der Waals surface area (Å²) in [7, 11) is 0. The average Bonchev–Trinajstić information content (AvgIpc) is 2.44. The van der Waals surface area contributed by atoms with Gasteiger partial charge >= 0.3 is 0 Å². The number of carbonyl (C=O) groups excluding carboxylic acids is 2. The van der Waals surface area contributed by atoms with E-state index in [4.69, 9.17) is 0 Å². The molecule has 0 spiro atoms. The number of nitrogens with one attached hydrogen (secondary N) is 1. The minimum absolute atomic E-state index is 0.0529. The summed E-state index contributed by atoms with van der Waals surface area (Å²) in [6, 6.07) is 0. The zero-order valence-corrected chi connectivity index (χ0v) is 12.1. The Bertz CT molecular complexity index is 363. The van der Waals surface area contributed by atoms with Crippen LogP contribution in [0.15, 0.2) is 23.8 Å². The molecular weight excluding hydrogens is 238 g/mol. The lowest BCUT2D eigenvalue weighted by Gasteiger charge is -2.33. The van der Waals surface area contributed by atoms with Crippen molar-refractivity contribution < 1.29 is 9.59 Å². The molecule has 0 unspecified atom stereocenters. The van der Waals surface area contributed by atoms with Gasteiger partial charge in [-0.2, -0.15) is 0 Å². The SMILES string of the molecule is C/C=C(\C=C/CC)CC(=O)NC1(C=O)CCCCC1. The molecule has 0 aliphatic heterocycles. The first kappa shape index (κ1) is 15.7. The van der Waals surface area contributed by atoms with Crippen LogP contribution in [0.1, 0.15) is 58.8 Å². The van der Waals surface area contributed by atoms with E-state index in [1.807, 2.05) is 25.2 Å². The van der Waals surface area contributed by atoms with Crippen LogP contribution in [-0.2, 0) is 9.59 Å². The minimum Gasteiger partial charge on any atom is -0.344 e. The van der Waals surface area contributed by atoms with E-state index in [1.54, 1.807) is 0 Å². The van der Waals surface area contributed by atoms with Crippen LogP contribution in [-0.4, -0.2) is 17.7 Å². The summed E-state index contributed by atoms with van der Waals surface area (Å²) in [5, 5.41) is 2.94. The van der Waals surface area contributed by atoms with Gasteiger partial charge in [0.2, 0.25) is 5.91 Å². The molecule has 3 nitrogen and oxygen atoms in total. The third-order valence-corrected chi connectivity index (χ3v) is 3.66. The van der Waals surface area contributed by atoms with Crippen LogP contribution in [0, 0.1) is 0 Å². The molecule has 0 aromatic heterocycles. The zero-order chi connectivity index (χ0) is 14.1. The summed E-state index contributed by atoms with van der Waals surface area (Å²) in [5.41, 5.74) is 0.388. The maximum atomic E-state index is 12.1. The summed E-state index contributed by atoms with van der Waals surface area (Å²) < 4.78 is 0. The molecule has 1 amide bonds. The van der Waals surface area contributed by atoms with Crippen LogP contribution in [0.5, 0.6) is 0 Å². The Labute approximate surface area is 116 Å². The van der Waals surface area contributed by atoms with E-state index in [1.165, 1.54) is 0 Å². The van der Waals surface area contributed by atoms with E-state index in [0.29, 0.717) is 6.42 Å². The van der Waals surface area contributed by atoms with E-state index in [-0.39, 0.29) is 5.91 Å². The van der Waals surface area contributed by atoms with Crippen molar-refractivity contribution in [3.63, 3.8) is 0 Å². The molecule has 0 aromatic carbocycles. The summed E-state index contributed by atoms with van der Waals surface area (Å²) in [6.45, 7) is 3.99. The van der Waals surface area contributed by atoms with Crippen LogP contribution >= 0.6 is 0 Å².